The normalized spacial score (nSPS) is 17.5. The Morgan fingerprint density at radius 3 is 2.85 bits per heavy atom. The highest BCUT2D eigenvalue weighted by molar-refractivity contribution is 7.18. The zero-order valence-corrected chi connectivity index (χ0v) is 12.6. The predicted molar refractivity (Wildman–Crippen MR) is 81.4 cm³/mol. The second-order valence-electron chi connectivity index (χ2n) is 5.65. The fourth-order valence-electron chi connectivity index (χ4n) is 2.95. The summed E-state index contributed by atoms with van der Waals surface area (Å²) in [7, 11) is 0. The van der Waals surface area contributed by atoms with Gasteiger partial charge in [0.2, 0.25) is 0 Å². The SMILES string of the molecule is CC(O)Cn1cnc2sc3c(c2c1=O)CCCCCC3. The quantitative estimate of drug-likeness (QED) is 0.925. The van der Waals surface area contributed by atoms with Crippen molar-refractivity contribution in [3.05, 3.63) is 27.1 Å². The number of aliphatic hydroxyl groups excluding tert-OH is 1. The van der Waals surface area contributed by atoms with E-state index in [-0.39, 0.29) is 5.56 Å². The van der Waals surface area contributed by atoms with Gasteiger partial charge in [-0.15, -0.1) is 11.3 Å². The zero-order chi connectivity index (χ0) is 14.1. The van der Waals surface area contributed by atoms with E-state index in [0.29, 0.717) is 6.54 Å². The number of thiophene rings is 1. The molecule has 2 aromatic rings. The van der Waals surface area contributed by atoms with Crippen molar-refractivity contribution in [1.29, 1.82) is 0 Å². The van der Waals surface area contributed by atoms with Gasteiger partial charge in [-0.05, 0) is 38.2 Å². The third-order valence-electron chi connectivity index (χ3n) is 3.90. The van der Waals surface area contributed by atoms with Gasteiger partial charge in [-0.2, -0.15) is 0 Å². The summed E-state index contributed by atoms with van der Waals surface area (Å²) >= 11 is 1.68. The van der Waals surface area contributed by atoms with Crippen molar-refractivity contribution in [2.45, 2.75) is 58.1 Å². The summed E-state index contributed by atoms with van der Waals surface area (Å²) in [6.07, 6.45) is 8.00. The van der Waals surface area contributed by atoms with Crippen LogP contribution in [-0.4, -0.2) is 20.8 Å². The standard InChI is InChI=1S/C15H20N2O2S/c1-10(18)8-17-9-16-14-13(15(17)19)11-6-4-2-3-5-7-12(11)20-14/h9-10,18H,2-8H2,1H3. The Bertz CT molecular complexity index is 672. The molecule has 0 fully saturated rings. The molecule has 5 heteroatoms. The largest absolute Gasteiger partial charge is 0.392 e. The van der Waals surface area contributed by atoms with Crippen LogP contribution in [0.25, 0.3) is 10.2 Å². The summed E-state index contributed by atoms with van der Waals surface area (Å²) < 4.78 is 1.54. The van der Waals surface area contributed by atoms with Gasteiger partial charge in [0.1, 0.15) is 4.83 Å². The van der Waals surface area contributed by atoms with Gasteiger partial charge >= 0.3 is 0 Å². The highest BCUT2D eigenvalue weighted by atomic mass is 32.1. The third kappa shape index (κ3) is 2.52. The van der Waals surface area contributed by atoms with Crippen molar-refractivity contribution in [1.82, 2.24) is 9.55 Å². The summed E-state index contributed by atoms with van der Waals surface area (Å²) in [6.45, 7) is 2.00. The number of nitrogens with zero attached hydrogens (tertiary/aromatic N) is 2. The molecule has 0 spiro atoms. The maximum absolute atomic E-state index is 12.6. The monoisotopic (exact) mass is 292 g/mol. The number of fused-ring (bicyclic) bond motifs is 3. The van der Waals surface area contributed by atoms with E-state index in [0.717, 1.165) is 29.5 Å². The van der Waals surface area contributed by atoms with Crippen LogP contribution in [0.15, 0.2) is 11.1 Å². The first-order valence-corrected chi connectivity index (χ1v) is 8.16. The van der Waals surface area contributed by atoms with E-state index in [1.807, 2.05) is 0 Å². The summed E-state index contributed by atoms with van der Waals surface area (Å²) in [6, 6.07) is 0. The Balaban J connectivity index is 2.15. The van der Waals surface area contributed by atoms with Gasteiger partial charge in [-0.3, -0.25) is 9.36 Å². The molecule has 1 aliphatic rings. The fraction of sp³-hybridized carbons (Fsp3) is 0.600. The molecule has 0 saturated heterocycles. The average molecular weight is 292 g/mol. The molecular weight excluding hydrogens is 272 g/mol. The first-order chi connectivity index (χ1) is 9.66. The molecule has 0 radical (unpaired) electrons. The van der Waals surface area contributed by atoms with Crippen molar-refractivity contribution in [2.24, 2.45) is 0 Å². The number of aliphatic hydroxyl groups is 1. The summed E-state index contributed by atoms with van der Waals surface area (Å²) in [5, 5.41) is 10.3. The second-order valence-corrected chi connectivity index (χ2v) is 6.73. The van der Waals surface area contributed by atoms with E-state index in [4.69, 9.17) is 0 Å². The summed E-state index contributed by atoms with van der Waals surface area (Å²) in [4.78, 5) is 19.3. The maximum Gasteiger partial charge on any atom is 0.262 e. The Morgan fingerprint density at radius 2 is 2.10 bits per heavy atom. The van der Waals surface area contributed by atoms with Gasteiger partial charge in [-0.25, -0.2) is 4.98 Å². The molecule has 20 heavy (non-hydrogen) atoms. The van der Waals surface area contributed by atoms with E-state index in [2.05, 4.69) is 4.98 Å². The molecule has 0 saturated carbocycles. The fourth-order valence-corrected chi connectivity index (χ4v) is 4.17. The van der Waals surface area contributed by atoms with E-state index in [1.165, 1.54) is 29.7 Å². The molecule has 1 unspecified atom stereocenters. The van der Waals surface area contributed by atoms with Crippen molar-refractivity contribution < 1.29 is 5.11 Å². The Kier molecular flexibility index (Phi) is 3.89. The van der Waals surface area contributed by atoms with Gasteiger partial charge in [-0.1, -0.05) is 12.8 Å². The van der Waals surface area contributed by atoms with Gasteiger partial charge in [0.05, 0.1) is 24.4 Å². The molecule has 4 nitrogen and oxygen atoms in total. The smallest absolute Gasteiger partial charge is 0.262 e. The molecular formula is C15H20N2O2S. The minimum atomic E-state index is -0.535. The molecule has 2 aromatic heterocycles. The molecule has 0 aliphatic heterocycles. The van der Waals surface area contributed by atoms with E-state index < -0.39 is 6.10 Å². The van der Waals surface area contributed by atoms with E-state index >= 15 is 0 Å². The van der Waals surface area contributed by atoms with Gasteiger partial charge in [0, 0.05) is 4.88 Å². The Morgan fingerprint density at radius 1 is 1.35 bits per heavy atom. The lowest BCUT2D eigenvalue weighted by Gasteiger charge is -2.10. The van der Waals surface area contributed by atoms with Gasteiger partial charge in [0.25, 0.3) is 5.56 Å². The van der Waals surface area contributed by atoms with Crippen molar-refractivity contribution in [3.63, 3.8) is 0 Å². The van der Waals surface area contributed by atoms with Crippen LogP contribution in [0.4, 0.5) is 0 Å². The Labute approximate surface area is 122 Å². The first kappa shape index (κ1) is 13.8. The third-order valence-corrected chi connectivity index (χ3v) is 5.10. The highest BCUT2D eigenvalue weighted by Crippen LogP contribution is 2.32. The molecule has 1 atom stereocenters. The van der Waals surface area contributed by atoms with Crippen LogP contribution < -0.4 is 5.56 Å². The number of aryl methyl sites for hydroxylation is 2. The van der Waals surface area contributed by atoms with Crippen molar-refractivity contribution >= 4 is 21.6 Å². The summed E-state index contributed by atoms with van der Waals surface area (Å²) in [5.74, 6) is 0. The molecule has 1 aliphatic carbocycles. The lowest BCUT2D eigenvalue weighted by atomic mass is 9.98. The molecule has 0 amide bonds. The molecule has 108 valence electrons. The number of hydrogen-bond acceptors (Lipinski definition) is 4. The molecule has 2 heterocycles. The Hall–Kier alpha value is -1.20. The van der Waals surface area contributed by atoms with Crippen LogP contribution in [0.1, 0.15) is 43.0 Å². The van der Waals surface area contributed by atoms with Gasteiger partial charge in [0.15, 0.2) is 0 Å². The van der Waals surface area contributed by atoms with Crippen LogP contribution in [0, 0.1) is 0 Å². The van der Waals surface area contributed by atoms with Gasteiger partial charge < -0.3 is 5.11 Å². The van der Waals surface area contributed by atoms with Crippen molar-refractivity contribution in [3.8, 4) is 0 Å². The number of aromatic nitrogens is 2. The highest BCUT2D eigenvalue weighted by Gasteiger charge is 2.18. The van der Waals surface area contributed by atoms with Crippen LogP contribution in [0.5, 0.6) is 0 Å². The lowest BCUT2D eigenvalue weighted by Crippen LogP contribution is -2.25. The molecule has 0 aromatic carbocycles. The molecule has 3 rings (SSSR count). The topological polar surface area (TPSA) is 55.1 Å². The van der Waals surface area contributed by atoms with Crippen molar-refractivity contribution in [2.75, 3.05) is 0 Å². The number of hydrogen-bond donors (Lipinski definition) is 1. The molecule has 0 bridgehead atoms. The zero-order valence-electron chi connectivity index (χ0n) is 11.8. The van der Waals surface area contributed by atoms with Crippen LogP contribution in [-0.2, 0) is 19.4 Å². The predicted octanol–water partition coefficient (Wildman–Crippen LogP) is 2.50. The minimum Gasteiger partial charge on any atom is -0.392 e. The summed E-state index contributed by atoms with van der Waals surface area (Å²) in [5.41, 5.74) is 1.23. The van der Waals surface area contributed by atoms with Crippen LogP contribution in [0.2, 0.25) is 0 Å². The average Bonchev–Trinajstić information content (AvgIpc) is 2.70. The first-order valence-electron chi connectivity index (χ1n) is 7.34. The van der Waals surface area contributed by atoms with Crippen LogP contribution in [0.3, 0.4) is 0 Å². The maximum atomic E-state index is 12.6. The van der Waals surface area contributed by atoms with Crippen LogP contribution >= 0.6 is 11.3 Å². The minimum absolute atomic E-state index is 0.00831. The van der Waals surface area contributed by atoms with E-state index in [9.17, 15) is 9.90 Å². The lowest BCUT2D eigenvalue weighted by molar-refractivity contribution is 0.172. The van der Waals surface area contributed by atoms with E-state index in [1.54, 1.807) is 29.2 Å². The molecule has 1 N–H and O–H groups in total. The number of rotatable bonds is 2. The second kappa shape index (κ2) is 5.66.